The van der Waals surface area contributed by atoms with E-state index in [0.29, 0.717) is 0 Å². The van der Waals surface area contributed by atoms with Crippen LogP contribution in [0.3, 0.4) is 0 Å². The van der Waals surface area contributed by atoms with Crippen LogP contribution in [-0.4, -0.2) is 12.3 Å². The monoisotopic (exact) mass is 967 g/mol. The average Bonchev–Trinajstić information content (AvgIpc) is 3.04. The van der Waals surface area contributed by atoms with Crippen molar-refractivity contribution in [2.75, 3.05) is 12.3 Å². The minimum absolute atomic E-state index is 0. The van der Waals surface area contributed by atoms with Crippen molar-refractivity contribution in [3.8, 4) is 0 Å². The molecule has 0 amide bonds. The van der Waals surface area contributed by atoms with Gasteiger partial charge in [-0.15, -0.1) is 6.58 Å². The van der Waals surface area contributed by atoms with Crippen molar-refractivity contribution < 1.29 is 42.1 Å². The Kier molecular flexibility index (Phi) is 27.2. The van der Waals surface area contributed by atoms with Crippen LogP contribution in [0.1, 0.15) is 38.5 Å². The summed E-state index contributed by atoms with van der Waals surface area (Å²) in [5.74, 6) is 0. The zero-order valence-electron chi connectivity index (χ0n) is 25.3. The molecule has 0 N–H and O–H groups in total. The third-order valence-corrected chi connectivity index (χ3v) is 11.5. The topological polar surface area (TPSA) is 0 Å². The van der Waals surface area contributed by atoms with E-state index >= 15 is 0 Å². The summed E-state index contributed by atoms with van der Waals surface area (Å²) in [5, 5.41) is 5.89. The summed E-state index contributed by atoms with van der Waals surface area (Å²) in [6.07, 6.45) is 14.9. The zero-order valence-corrected chi connectivity index (χ0v) is 31.6. The Morgan fingerprint density at radius 3 is 0.907 bits per heavy atom. The number of rotatable bonds is 13. The van der Waals surface area contributed by atoms with Gasteiger partial charge in [0.05, 0.1) is 0 Å². The van der Waals surface area contributed by atoms with Crippen LogP contribution in [0.25, 0.3) is 0 Å². The Labute approximate surface area is 294 Å². The second-order valence-electron chi connectivity index (χ2n) is 9.33. The predicted molar refractivity (Wildman–Crippen MR) is 191 cm³/mol. The number of hydrogen-bond acceptors (Lipinski definition) is 0. The maximum Gasteiger partial charge on any atom is 2.00 e. The molecular weight excluding hydrogens is 921 g/mol. The molecule has 0 saturated carbocycles. The molecule has 0 nitrogen and oxygen atoms in total. The third-order valence-electron chi connectivity index (χ3n) is 6.14. The molecule has 4 heteroatoms. The summed E-state index contributed by atoms with van der Waals surface area (Å²) in [7, 11) is -0.696. The number of unbranched alkanes of at least 4 members (excludes halogenated alkanes) is 3. The first-order valence-electron chi connectivity index (χ1n) is 14.6. The van der Waals surface area contributed by atoms with Crippen LogP contribution in [-0.2, 0) is 42.1 Å². The minimum atomic E-state index is -0.348. The molecule has 4 rings (SSSR count). The summed E-state index contributed by atoms with van der Waals surface area (Å²) in [4.78, 5) is 0. The van der Waals surface area contributed by atoms with Gasteiger partial charge in [0.1, 0.15) is 0 Å². The van der Waals surface area contributed by atoms with Crippen molar-refractivity contribution >= 4 is 37.1 Å². The first-order chi connectivity index (χ1) is 20.2. The predicted octanol–water partition coefficient (Wildman–Crippen LogP) is 9.81. The molecule has 0 fully saturated rings. The van der Waals surface area contributed by atoms with E-state index in [1.807, 2.05) is 6.08 Å². The standard InChI is InChI=1S/C26H24P2.C8H14.C5H9.2Pt/c1-5-13-23(14-6-1)27(24-15-7-2-8-16-24)21-22-28(25-17-9-3-10-18-25)26-19-11-4-12-20-26;1-3-5-7-8-6-4-2;1-3-5-4-2;;/h1-20H,21-22H2;7-8H,1-6H2;3H,1-2,4-5H2;;/q;-2;-1;;+2/b;8-7+;;;. The van der Waals surface area contributed by atoms with Crippen LogP contribution in [0.4, 0.5) is 0 Å². The van der Waals surface area contributed by atoms with Crippen LogP contribution in [0.5, 0.6) is 0 Å². The molecule has 0 heterocycles. The molecular formula is C39H47P2Pt2-. The van der Waals surface area contributed by atoms with Crippen LogP contribution in [0.15, 0.2) is 146 Å². The number of benzene rings is 4. The molecule has 0 spiro atoms. The maximum absolute atomic E-state index is 3.72. The maximum atomic E-state index is 3.72. The summed E-state index contributed by atoms with van der Waals surface area (Å²) in [6, 6.07) is 44.2. The van der Waals surface area contributed by atoms with Gasteiger partial charge in [0.25, 0.3) is 0 Å². The summed E-state index contributed by atoms with van der Waals surface area (Å²) < 4.78 is 0. The van der Waals surface area contributed by atoms with Gasteiger partial charge in [-0.1, -0.05) is 159 Å². The molecule has 0 saturated heterocycles. The van der Waals surface area contributed by atoms with Gasteiger partial charge in [-0.05, 0) is 49.4 Å². The van der Waals surface area contributed by atoms with Gasteiger partial charge < -0.3 is 20.8 Å². The van der Waals surface area contributed by atoms with Gasteiger partial charge in [0.15, 0.2) is 0 Å². The Morgan fingerprint density at radius 1 is 0.465 bits per heavy atom. The summed E-state index contributed by atoms with van der Waals surface area (Å²) in [5.41, 5.74) is 0. The van der Waals surface area contributed by atoms with Crippen LogP contribution >= 0.6 is 15.8 Å². The average molecular weight is 968 g/mol. The first-order valence-corrected chi connectivity index (χ1v) is 17.7. The van der Waals surface area contributed by atoms with Crippen molar-refractivity contribution in [2.24, 2.45) is 0 Å². The number of hydrogen-bond donors (Lipinski definition) is 0. The van der Waals surface area contributed by atoms with Crippen molar-refractivity contribution in [2.45, 2.75) is 38.5 Å². The van der Waals surface area contributed by atoms with Crippen molar-refractivity contribution in [1.82, 2.24) is 0 Å². The molecule has 0 aromatic heterocycles. The Hall–Kier alpha value is -1.40. The van der Waals surface area contributed by atoms with E-state index in [2.05, 4.69) is 161 Å². The largest absolute Gasteiger partial charge is 2.00 e. The minimum Gasteiger partial charge on any atom is -0.343 e. The first kappa shape index (κ1) is 41.6. The fraction of sp³-hybridized carbons (Fsp3) is 0.205. The summed E-state index contributed by atoms with van der Waals surface area (Å²) >= 11 is 0. The van der Waals surface area contributed by atoms with Crippen molar-refractivity contribution in [3.63, 3.8) is 0 Å². The summed E-state index contributed by atoms with van der Waals surface area (Å²) in [6.45, 7) is 14.5. The van der Waals surface area contributed by atoms with E-state index in [9.17, 15) is 0 Å². The quantitative estimate of drug-likeness (QED) is 0.0712. The van der Waals surface area contributed by atoms with E-state index < -0.39 is 0 Å². The molecule has 43 heavy (non-hydrogen) atoms. The molecule has 0 radical (unpaired) electrons. The van der Waals surface area contributed by atoms with E-state index in [4.69, 9.17) is 0 Å². The normalized spacial score (nSPS) is 10.1. The van der Waals surface area contributed by atoms with E-state index in [-0.39, 0.29) is 58.0 Å². The number of allylic oxidation sites excluding steroid dienone is 3. The fourth-order valence-electron chi connectivity index (χ4n) is 4.06. The molecule has 0 unspecified atom stereocenters. The molecule has 234 valence electrons. The van der Waals surface area contributed by atoms with Gasteiger partial charge in [0, 0.05) is 21.1 Å². The van der Waals surface area contributed by atoms with Crippen molar-refractivity contribution in [1.29, 1.82) is 0 Å². The second kappa shape index (κ2) is 28.1. The van der Waals surface area contributed by atoms with Gasteiger partial charge >= 0.3 is 21.1 Å². The second-order valence-corrected chi connectivity index (χ2v) is 14.0. The Balaban J connectivity index is 0.000000996. The van der Waals surface area contributed by atoms with Gasteiger partial charge in [0.2, 0.25) is 0 Å². The zero-order chi connectivity index (χ0) is 29.4. The molecule has 0 aliphatic heterocycles. The molecule has 0 atom stereocenters. The third kappa shape index (κ3) is 17.6. The van der Waals surface area contributed by atoms with E-state index in [1.165, 1.54) is 33.5 Å². The molecule has 4 aromatic rings. The van der Waals surface area contributed by atoms with Crippen LogP contribution in [0.2, 0.25) is 0 Å². The molecule has 0 aliphatic rings. The van der Waals surface area contributed by atoms with Crippen molar-refractivity contribution in [3.05, 3.63) is 167 Å². The van der Waals surface area contributed by atoms with Gasteiger partial charge in [-0.25, -0.2) is 0 Å². The van der Waals surface area contributed by atoms with E-state index in [0.717, 1.165) is 38.5 Å². The molecule has 0 bridgehead atoms. The smallest absolute Gasteiger partial charge is 0.343 e. The Bertz CT molecular complexity index is 1010. The molecule has 4 aromatic carbocycles. The van der Waals surface area contributed by atoms with E-state index in [1.54, 1.807) is 0 Å². The van der Waals surface area contributed by atoms with Gasteiger partial charge in [-0.3, -0.25) is 0 Å². The SMILES string of the molecule is C=CCC[CH2-].[CH2-]CC/C=C/CC[CH2-].[Pt+2].[Pt].c1ccc(P(CCP(c2ccccc2)c2ccccc2)c2ccccc2)cc1. The van der Waals surface area contributed by atoms with Gasteiger partial charge in [-0.2, -0.15) is 19.3 Å². The van der Waals surface area contributed by atoms with Crippen LogP contribution in [0, 0.1) is 20.8 Å². The fourth-order valence-corrected chi connectivity index (χ4v) is 9.42. The Morgan fingerprint density at radius 2 is 0.721 bits per heavy atom. The molecule has 0 aliphatic carbocycles. The van der Waals surface area contributed by atoms with Crippen LogP contribution < -0.4 is 21.2 Å².